The lowest BCUT2D eigenvalue weighted by molar-refractivity contribution is -0.129. The molecule has 0 aromatic heterocycles. The lowest BCUT2D eigenvalue weighted by atomic mass is 9.90. The van der Waals surface area contributed by atoms with Gasteiger partial charge in [-0.15, -0.1) is 0 Å². The Bertz CT molecular complexity index is 560. The molecule has 1 aliphatic rings. The maximum absolute atomic E-state index is 14.4. The molecule has 1 saturated carbocycles. The van der Waals surface area contributed by atoms with E-state index >= 15 is 0 Å². The summed E-state index contributed by atoms with van der Waals surface area (Å²) in [5, 5.41) is 5.30. The van der Waals surface area contributed by atoms with E-state index in [1.54, 1.807) is 20.8 Å². The largest absolute Gasteiger partial charge is 0.444 e. The number of hydrogen-bond donors (Lipinski definition) is 2. The molecule has 2 atom stereocenters. The van der Waals surface area contributed by atoms with Crippen molar-refractivity contribution in [3.8, 4) is 0 Å². The van der Waals surface area contributed by atoms with Crippen LogP contribution in [-0.4, -0.2) is 43.2 Å². The average molecular weight is 425 g/mol. The van der Waals surface area contributed by atoms with E-state index in [0.717, 1.165) is 0 Å². The molecule has 0 aromatic carbocycles. The van der Waals surface area contributed by atoms with Crippen LogP contribution in [0, 0.1) is 0 Å². The van der Waals surface area contributed by atoms with Gasteiger partial charge in [-0.1, -0.05) is 20.8 Å². The number of alkyl carbamates (subject to hydrolysis) is 1. The molecule has 0 saturated heterocycles. The summed E-state index contributed by atoms with van der Waals surface area (Å²) in [7, 11) is -2.33. The van der Waals surface area contributed by atoms with Crippen molar-refractivity contribution in [3.63, 3.8) is 0 Å². The van der Waals surface area contributed by atoms with Crippen LogP contribution in [-0.2, 0) is 9.16 Å². The third-order valence-electron chi connectivity index (χ3n) is 4.99. The number of carbonyl (C=O) groups is 1. The molecule has 0 radical (unpaired) electrons. The fourth-order valence-electron chi connectivity index (χ4n) is 2.49. The highest BCUT2D eigenvalue weighted by Crippen LogP contribution is 2.43. The summed E-state index contributed by atoms with van der Waals surface area (Å²) >= 11 is 5.12. The number of alkyl halides is 2. The Kier molecular flexibility index (Phi) is 7.44. The Morgan fingerprint density at radius 2 is 1.74 bits per heavy atom. The maximum atomic E-state index is 14.4. The molecule has 0 bridgehead atoms. The molecule has 1 amide bonds. The van der Waals surface area contributed by atoms with Crippen molar-refractivity contribution in [2.24, 2.45) is 0 Å². The van der Waals surface area contributed by atoms with Gasteiger partial charge in [0.2, 0.25) is 0 Å². The Morgan fingerprint density at radius 3 is 2.22 bits per heavy atom. The highest BCUT2D eigenvalue weighted by molar-refractivity contribution is 7.80. The maximum Gasteiger partial charge on any atom is 0.413 e. The fourth-order valence-corrected chi connectivity index (χ4v) is 4.08. The van der Waals surface area contributed by atoms with E-state index in [-0.39, 0.29) is 35.5 Å². The molecule has 1 aliphatic carbocycles. The molecule has 1 fully saturated rings. The quantitative estimate of drug-likeness (QED) is 0.495. The minimum Gasteiger partial charge on any atom is -0.444 e. The highest BCUT2D eigenvalue weighted by atomic mass is 32.1. The van der Waals surface area contributed by atoms with Gasteiger partial charge in [-0.25, -0.2) is 13.6 Å². The predicted octanol–water partition coefficient (Wildman–Crippen LogP) is 4.96. The van der Waals surface area contributed by atoms with Crippen molar-refractivity contribution >= 4 is 31.7 Å². The van der Waals surface area contributed by atoms with Crippen molar-refractivity contribution in [2.45, 2.75) is 103 Å². The number of carbonyl (C=O) groups excluding carboxylic acids is 1. The molecule has 9 heteroatoms. The first-order valence-corrected chi connectivity index (χ1v) is 12.6. The summed E-state index contributed by atoms with van der Waals surface area (Å²) in [4.78, 5) is 11.8. The van der Waals surface area contributed by atoms with Crippen molar-refractivity contribution in [1.29, 1.82) is 0 Å². The Labute approximate surface area is 168 Å². The van der Waals surface area contributed by atoms with Gasteiger partial charge in [0.05, 0.1) is 0 Å². The van der Waals surface area contributed by atoms with Crippen LogP contribution in [0.5, 0.6) is 0 Å². The van der Waals surface area contributed by atoms with E-state index in [2.05, 4.69) is 10.6 Å². The molecule has 5 nitrogen and oxygen atoms in total. The minimum atomic E-state index is -2.87. The van der Waals surface area contributed by atoms with E-state index in [0.29, 0.717) is 0 Å². The first-order chi connectivity index (χ1) is 11.9. The number of amides is 1. The monoisotopic (exact) mass is 424 g/mol. The van der Waals surface area contributed by atoms with Gasteiger partial charge in [0.25, 0.3) is 5.92 Å². The standard InChI is InChI=1S/C18H34F2N2O3SSi/c1-16(2,3)24-15(23)22-14(26)21-12-9-10-18(19,20)13(11-12)25-27(7,8)17(4,5)6/h12-13H,9-11H2,1-8H3,(H2,21,22,23,26). The summed E-state index contributed by atoms with van der Waals surface area (Å²) in [6, 6.07) is -0.290. The van der Waals surface area contributed by atoms with Gasteiger partial charge in [-0.3, -0.25) is 5.32 Å². The number of nitrogens with one attached hydrogen (secondary N) is 2. The third-order valence-corrected chi connectivity index (χ3v) is 9.69. The minimum absolute atomic E-state index is 0.0746. The van der Waals surface area contributed by atoms with Crippen molar-refractivity contribution in [3.05, 3.63) is 0 Å². The average Bonchev–Trinajstić information content (AvgIpc) is 2.38. The van der Waals surface area contributed by atoms with Gasteiger partial charge in [0, 0.05) is 12.5 Å². The van der Waals surface area contributed by atoms with Crippen LogP contribution in [0.1, 0.15) is 60.8 Å². The Balaban J connectivity index is 2.69. The highest BCUT2D eigenvalue weighted by Gasteiger charge is 2.50. The van der Waals surface area contributed by atoms with Gasteiger partial charge < -0.3 is 14.5 Å². The number of hydrogen-bond acceptors (Lipinski definition) is 4. The summed E-state index contributed by atoms with van der Waals surface area (Å²) < 4.78 is 40.0. The molecular weight excluding hydrogens is 390 g/mol. The van der Waals surface area contributed by atoms with Gasteiger partial charge in [-0.05, 0) is 64.0 Å². The Morgan fingerprint density at radius 1 is 1.19 bits per heavy atom. The zero-order valence-corrected chi connectivity index (χ0v) is 19.5. The lowest BCUT2D eigenvalue weighted by Gasteiger charge is -2.44. The first-order valence-electron chi connectivity index (χ1n) is 9.29. The number of rotatable bonds is 3. The van der Waals surface area contributed by atoms with Crippen LogP contribution < -0.4 is 10.6 Å². The van der Waals surface area contributed by atoms with E-state index in [1.807, 2.05) is 33.9 Å². The van der Waals surface area contributed by atoms with E-state index in [1.165, 1.54) is 0 Å². The van der Waals surface area contributed by atoms with Gasteiger partial charge >= 0.3 is 6.09 Å². The molecule has 0 aromatic rings. The van der Waals surface area contributed by atoms with Gasteiger partial charge in [0.1, 0.15) is 11.7 Å². The second-order valence-electron chi connectivity index (χ2n) is 9.70. The number of thiocarbonyl (C=S) groups is 1. The van der Waals surface area contributed by atoms with E-state index < -0.39 is 32.0 Å². The molecule has 0 heterocycles. The summed E-state index contributed by atoms with van der Waals surface area (Å²) in [6.07, 6.45) is -1.72. The Hall–Kier alpha value is -0.803. The molecule has 158 valence electrons. The summed E-state index contributed by atoms with van der Waals surface area (Å²) in [6.45, 7) is 15.2. The van der Waals surface area contributed by atoms with Crippen LogP contribution in [0.2, 0.25) is 18.1 Å². The van der Waals surface area contributed by atoms with E-state index in [4.69, 9.17) is 21.4 Å². The SMILES string of the molecule is CC(C)(C)OC(=O)NC(=S)NC1CCC(F)(F)C(O[Si](C)(C)C(C)(C)C)C1. The topological polar surface area (TPSA) is 59.6 Å². The van der Waals surface area contributed by atoms with Crippen molar-refractivity contribution < 1.29 is 22.7 Å². The molecule has 1 rings (SSSR count). The number of halogens is 2. The van der Waals surface area contributed by atoms with Gasteiger partial charge in [0.15, 0.2) is 13.4 Å². The number of ether oxygens (including phenoxy) is 1. The van der Waals surface area contributed by atoms with Gasteiger partial charge in [-0.2, -0.15) is 0 Å². The molecule has 2 unspecified atom stereocenters. The van der Waals surface area contributed by atoms with Crippen molar-refractivity contribution in [1.82, 2.24) is 10.6 Å². The van der Waals surface area contributed by atoms with Crippen LogP contribution >= 0.6 is 12.2 Å². The molecule has 0 spiro atoms. The molecule has 27 heavy (non-hydrogen) atoms. The fraction of sp³-hybridized carbons (Fsp3) is 0.889. The third kappa shape index (κ3) is 7.61. The molecule has 0 aliphatic heterocycles. The zero-order chi connectivity index (χ0) is 21.3. The first kappa shape index (κ1) is 24.2. The smallest absolute Gasteiger partial charge is 0.413 e. The molecular formula is C18H34F2N2O3SSi. The lowest BCUT2D eigenvalue weighted by Crippen LogP contribution is -2.55. The molecule has 2 N–H and O–H groups in total. The van der Waals surface area contributed by atoms with Crippen LogP contribution in [0.25, 0.3) is 0 Å². The van der Waals surface area contributed by atoms with Crippen LogP contribution in [0.15, 0.2) is 0 Å². The predicted molar refractivity (Wildman–Crippen MR) is 110 cm³/mol. The normalized spacial score (nSPS) is 23.5. The zero-order valence-electron chi connectivity index (χ0n) is 17.7. The van der Waals surface area contributed by atoms with E-state index in [9.17, 15) is 13.6 Å². The van der Waals surface area contributed by atoms with Crippen LogP contribution in [0.4, 0.5) is 13.6 Å². The summed E-state index contributed by atoms with van der Waals surface area (Å²) in [5.41, 5.74) is -0.644. The van der Waals surface area contributed by atoms with Crippen LogP contribution in [0.3, 0.4) is 0 Å². The van der Waals surface area contributed by atoms with Crippen molar-refractivity contribution in [2.75, 3.05) is 0 Å². The second kappa shape index (κ2) is 8.29. The summed E-state index contributed by atoms with van der Waals surface area (Å²) in [5.74, 6) is -2.87. The second-order valence-corrected chi connectivity index (χ2v) is 14.9.